The molecule has 0 atom stereocenters. The van der Waals surface area contributed by atoms with Gasteiger partial charge in [-0.05, 0) is 6.92 Å². The van der Waals surface area contributed by atoms with Gasteiger partial charge in [-0.15, -0.1) is 0 Å². The first-order chi connectivity index (χ1) is 8.60. The summed E-state index contributed by atoms with van der Waals surface area (Å²) in [5, 5.41) is 10.7. The molecule has 0 amide bonds. The largest absolute Gasteiger partial charge is 0.383 e. The van der Waals surface area contributed by atoms with Crippen LogP contribution in [0.25, 0.3) is 0 Å². The molecular weight excluding hydrogens is 234 g/mol. The molecule has 0 saturated heterocycles. The van der Waals surface area contributed by atoms with Gasteiger partial charge < -0.3 is 10.3 Å². The van der Waals surface area contributed by atoms with Gasteiger partial charge in [0.25, 0.3) is 5.69 Å². The zero-order chi connectivity index (χ0) is 13.1. The Labute approximate surface area is 103 Å². The Balaban J connectivity index is 2.32. The van der Waals surface area contributed by atoms with E-state index in [1.165, 1.54) is 12.1 Å². The molecule has 7 heteroatoms. The molecule has 2 heterocycles. The topological polar surface area (TPSA) is 99.9 Å². The first-order valence-corrected chi connectivity index (χ1v) is 5.51. The van der Waals surface area contributed by atoms with Crippen molar-refractivity contribution < 1.29 is 4.92 Å². The molecule has 18 heavy (non-hydrogen) atoms. The highest BCUT2D eigenvalue weighted by Crippen LogP contribution is 2.17. The van der Waals surface area contributed by atoms with Crippen molar-refractivity contribution in [2.45, 2.75) is 19.9 Å². The second-order valence-electron chi connectivity index (χ2n) is 3.80. The Kier molecular flexibility index (Phi) is 3.22. The third kappa shape index (κ3) is 2.45. The molecule has 7 nitrogen and oxygen atoms in total. The molecule has 0 aliphatic heterocycles. The highest BCUT2D eigenvalue weighted by Gasteiger charge is 2.11. The van der Waals surface area contributed by atoms with Gasteiger partial charge in [0.05, 0.1) is 16.7 Å². The maximum atomic E-state index is 10.7. The van der Waals surface area contributed by atoms with Gasteiger partial charge in [-0.25, -0.2) is 9.97 Å². The number of hydrogen-bond donors (Lipinski definition) is 1. The molecule has 0 fully saturated rings. The number of nitro groups is 1. The lowest BCUT2D eigenvalue weighted by atomic mass is 10.2. The summed E-state index contributed by atoms with van der Waals surface area (Å²) in [4.78, 5) is 18.5. The number of aryl methyl sites for hydroxylation is 1. The van der Waals surface area contributed by atoms with Crippen molar-refractivity contribution in [3.05, 3.63) is 46.2 Å². The van der Waals surface area contributed by atoms with Crippen LogP contribution in [0.15, 0.2) is 24.5 Å². The molecule has 94 valence electrons. The Morgan fingerprint density at radius 3 is 2.94 bits per heavy atom. The predicted octanol–water partition coefficient (Wildman–Crippen LogP) is 1.38. The van der Waals surface area contributed by atoms with E-state index in [9.17, 15) is 10.1 Å². The Hall–Kier alpha value is -2.44. The van der Waals surface area contributed by atoms with Crippen molar-refractivity contribution in [1.82, 2.24) is 14.5 Å². The number of hydrogen-bond acceptors (Lipinski definition) is 5. The quantitative estimate of drug-likeness (QED) is 0.649. The van der Waals surface area contributed by atoms with Gasteiger partial charge in [0, 0.05) is 31.4 Å². The molecular formula is C11H13N5O2. The number of nitrogen functional groups attached to an aromatic ring is 1. The van der Waals surface area contributed by atoms with E-state index in [0.717, 1.165) is 12.4 Å². The number of nitrogens with zero attached hydrogens (tertiary/aromatic N) is 4. The van der Waals surface area contributed by atoms with Crippen molar-refractivity contribution in [3.63, 3.8) is 0 Å². The number of imidazole rings is 1. The van der Waals surface area contributed by atoms with Crippen molar-refractivity contribution >= 4 is 11.5 Å². The van der Waals surface area contributed by atoms with Gasteiger partial charge in [0.15, 0.2) is 0 Å². The van der Waals surface area contributed by atoms with E-state index >= 15 is 0 Å². The van der Waals surface area contributed by atoms with Gasteiger partial charge in [-0.1, -0.05) is 0 Å². The molecule has 2 N–H and O–H groups in total. The van der Waals surface area contributed by atoms with Crippen molar-refractivity contribution in [1.29, 1.82) is 0 Å². The lowest BCUT2D eigenvalue weighted by Gasteiger charge is -2.05. The SMILES string of the molecule is CCn1ccnc1Cc1cc([N+](=O)[O-])cc(N)n1. The van der Waals surface area contributed by atoms with E-state index in [4.69, 9.17) is 5.73 Å². The monoisotopic (exact) mass is 247 g/mol. The van der Waals surface area contributed by atoms with Gasteiger partial charge in [0.2, 0.25) is 0 Å². The van der Waals surface area contributed by atoms with Crippen LogP contribution in [-0.2, 0) is 13.0 Å². The summed E-state index contributed by atoms with van der Waals surface area (Å²) in [6, 6.07) is 2.67. The smallest absolute Gasteiger partial charge is 0.274 e. The Morgan fingerprint density at radius 1 is 1.50 bits per heavy atom. The summed E-state index contributed by atoms with van der Waals surface area (Å²) in [5.41, 5.74) is 6.05. The highest BCUT2D eigenvalue weighted by atomic mass is 16.6. The van der Waals surface area contributed by atoms with Crippen molar-refractivity contribution in [2.24, 2.45) is 0 Å². The summed E-state index contributed by atoms with van der Waals surface area (Å²) >= 11 is 0. The zero-order valence-electron chi connectivity index (χ0n) is 9.91. The number of pyridine rings is 1. The molecule has 0 bridgehead atoms. The molecule has 0 aromatic carbocycles. The summed E-state index contributed by atoms with van der Waals surface area (Å²) in [6.07, 6.45) is 3.97. The number of aromatic nitrogens is 3. The average Bonchev–Trinajstić information content (AvgIpc) is 2.75. The number of nitrogens with two attached hydrogens (primary N) is 1. The molecule has 0 aliphatic carbocycles. The van der Waals surface area contributed by atoms with Crippen LogP contribution < -0.4 is 5.73 Å². The maximum Gasteiger partial charge on any atom is 0.274 e. The van der Waals surface area contributed by atoms with E-state index < -0.39 is 4.92 Å². The van der Waals surface area contributed by atoms with E-state index in [0.29, 0.717) is 12.1 Å². The fraction of sp³-hybridized carbons (Fsp3) is 0.273. The van der Waals surface area contributed by atoms with Crippen LogP contribution in [0.5, 0.6) is 0 Å². The summed E-state index contributed by atoms with van der Waals surface area (Å²) < 4.78 is 1.96. The first kappa shape index (κ1) is 12.0. The van der Waals surface area contributed by atoms with Crippen LogP contribution in [0.4, 0.5) is 11.5 Å². The lowest BCUT2D eigenvalue weighted by Crippen LogP contribution is -2.05. The molecule has 0 unspecified atom stereocenters. The minimum Gasteiger partial charge on any atom is -0.383 e. The maximum absolute atomic E-state index is 10.7. The molecule has 0 spiro atoms. The van der Waals surface area contributed by atoms with E-state index in [-0.39, 0.29) is 11.5 Å². The minimum atomic E-state index is -0.478. The van der Waals surface area contributed by atoms with Gasteiger partial charge in [-0.2, -0.15) is 0 Å². The molecule has 2 aromatic heterocycles. The summed E-state index contributed by atoms with van der Waals surface area (Å²) in [6.45, 7) is 2.79. The molecule has 0 saturated carbocycles. The van der Waals surface area contributed by atoms with Crippen LogP contribution in [0.1, 0.15) is 18.4 Å². The normalized spacial score (nSPS) is 10.5. The van der Waals surface area contributed by atoms with Gasteiger partial charge in [0.1, 0.15) is 11.6 Å². The second-order valence-corrected chi connectivity index (χ2v) is 3.80. The molecule has 2 aromatic rings. The second kappa shape index (κ2) is 4.82. The van der Waals surface area contributed by atoms with Crippen molar-refractivity contribution in [2.75, 3.05) is 5.73 Å². The first-order valence-electron chi connectivity index (χ1n) is 5.51. The van der Waals surface area contributed by atoms with E-state index in [1.54, 1.807) is 6.20 Å². The number of rotatable bonds is 4. The third-order valence-electron chi connectivity index (χ3n) is 2.58. The minimum absolute atomic E-state index is 0.0490. The standard InChI is InChI=1S/C11H13N5O2/c1-2-15-4-3-13-11(15)6-8-5-9(16(17)18)7-10(12)14-8/h3-5,7H,2,6H2,1H3,(H2,12,14). The lowest BCUT2D eigenvalue weighted by molar-refractivity contribution is -0.384. The molecule has 0 aliphatic rings. The molecule has 2 rings (SSSR count). The van der Waals surface area contributed by atoms with Crippen molar-refractivity contribution in [3.8, 4) is 0 Å². The van der Waals surface area contributed by atoms with Crippen LogP contribution in [0.3, 0.4) is 0 Å². The summed E-state index contributed by atoms with van der Waals surface area (Å²) in [5.74, 6) is 0.957. The van der Waals surface area contributed by atoms with E-state index in [1.807, 2.05) is 17.7 Å². The average molecular weight is 247 g/mol. The Bertz CT molecular complexity index is 579. The fourth-order valence-corrected chi connectivity index (χ4v) is 1.75. The van der Waals surface area contributed by atoms with Crippen LogP contribution in [0, 0.1) is 10.1 Å². The predicted molar refractivity (Wildman–Crippen MR) is 66.0 cm³/mol. The molecule has 0 radical (unpaired) electrons. The summed E-state index contributed by atoms with van der Waals surface area (Å²) in [7, 11) is 0. The third-order valence-corrected chi connectivity index (χ3v) is 2.58. The number of anilines is 1. The van der Waals surface area contributed by atoms with Crippen LogP contribution in [-0.4, -0.2) is 19.5 Å². The fourth-order valence-electron chi connectivity index (χ4n) is 1.75. The van der Waals surface area contributed by atoms with Gasteiger partial charge in [-0.3, -0.25) is 10.1 Å². The van der Waals surface area contributed by atoms with Crippen LogP contribution >= 0.6 is 0 Å². The van der Waals surface area contributed by atoms with Crippen LogP contribution in [0.2, 0.25) is 0 Å². The zero-order valence-corrected chi connectivity index (χ0v) is 9.91. The Morgan fingerprint density at radius 2 is 2.28 bits per heavy atom. The highest BCUT2D eigenvalue weighted by molar-refractivity contribution is 5.43. The van der Waals surface area contributed by atoms with E-state index in [2.05, 4.69) is 9.97 Å². The van der Waals surface area contributed by atoms with Gasteiger partial charge >= 0.3 is 0 Å².